The van der Waals surface area contributed by atoms with Gasteiger partial charge in [0.05, 0.1) is 77.7 Å². The van der Waals surface area contributed by atoms with Gasteiger partial charge in [-0.2, -0.15) is 0 Å². The van der Waals surface area contributed by atoms with Gasteiger partial charge in [0.15, 0.2) is 0 Å². The lowest BCUT2D eigenvalue weighted by atomic mass is 9.64. The van der Waals surface area contributed by atoms with E-state index < -0.39 is 10.8 Å². The van der Waals surface area contributed by atoms with Gasteiger partial charge in [0.1, 0.15) is 0 Å². The summed E-state index contributed by atoms with van der Waals surface area (Å²) in [5, 5.41) is 9.73. The van der Waals surface area contributed by atoms with Crippen molar-refractivity contribution in [2.24, 2.45) is 0 Å². The molecule has 30 rings (SSSR count). The quantitative estimate of drug-likeness (QED) is 0.129. The van der Waals surface area contributed by atoms with E-state index in [-0.39, 0.29) is 0 Å². The highest BCUT2D eigenvalue weighted by Crippen LogP contribution is 2.68. The molecule has 26 aromatic rings. The topological polar surface area (TPSA) is 26.2 Å². The highest BCUT2D eigenvalue weighted by atomic mass is 15.2. The summed E-state index contributed by atoms with van der Waals surface area (Å²) in [6.45, 7) is 0. The molecule has 6 nitrogen and oxygen atoms in total. The molecule has 0 bridgehead atoms. The van der Waals surface area contributed by atoms with Crippen molar-refractivity contribution in [3.8, 4) is 101 Å². The fourth-order valence-corrected chi connectivity index (χ4v) is 25.2. The maximum Gasteiger partial charge on any atom is 0.0755 e. The van der Waals surface area contributed by atoms with Crippen LogP contribution >= 0.6 is 0 Å². The maximum absolute atomic E-state index is 2.59. The number of hydrogen-bond acceptors (Lipinski definition) is 2. The van der Waals surface area contributed by atoms with E-state index in [9.17, 15) is 0 Å². The Morgan fingerprint density at radius 3 is 0.736 bits per heavy atom. The first-order chi connectivity index (χ1) is 69.4. The van der Waals surface area contributed by atoms with Gasteiger partial charge in [-0.15, -0.1) is 0 Å². The summed E-state index contributed by atoms with van der Waals surface area (Å²) in [6.07, 6.45) is 0. The summed E-state index contributed by atoms with van der Waals surface area (Å²) in [5.74, 6) is 0. The van der Waals surface area contributed by atoms with Crippen LogP contribution in [0.2, 0.25) is 0 Å². The van der Waals surface area contributed by atoms with E-state index in [1.807, 2.05) is 0 Å². The Kier molecular flexibility index (Phi) is 16.8. The molecule has 2 spiro atoms. The molecule has 22 aromatic carbocycles. The van der Waals surface area contributed by atoms with Crippen LogP contribution in [-0.2, 0) is 10.8 Å². The van der Waals surface area contributed by atoms with E-state index in [2.05, 4.69) is 538 Å². The molecule has 4 aromatic heterocycles. The first-order valence-corrected chi connectivity index (χ1v) is 48.6. The lowest BCUT2D eigenvalue weighted by molar-refractivity contribution is 0.754. The van der Waals surface area contributed by atoms with Gasteiger partial charge in [-0.3, -0.25) is 0 Å². The third-order valence-electron chi connectivity index (χ3n) is 31.1. The molecule has 0 unspecified atom stereocenters. The molecule has 0 radical (unpaired) electrons. The summed E-state index contributed by atoms with van der Waals surface area (Å²) in [5.41, 5.74) is 45.8. The molecule has 0 N–H and O–H groups in total. The maximum atomic E-state index is 2.59. The Morgan fingerprint density at radius 2 is 0.357 bits per heavy atom. The molecule has 0 fully saturated rings. The Labute approximate surface area is 809 Å². The first kappa shape index (κ1) is 78.0. The van der Waals surface area contributed by atoms with Crippen molar-refractivity contribution >= 4 is 121 Å². The Hall–Kier alpha value is -18.4. The second-order valence-electron chi connectivity index (χ2n) is 38.1. The van der Waals surface area contributed by atoms with Gasteiger partial charge in [-0.1, -0.05) is 328 Å². The van der Waals surface area contributed by atoms with Crippen molar-refractivity contribution in [1.29, 1.82) is 0 Å². The van der Waals surface area contributed by atoms with Crippen molar-refractivity contribution < 1.29 is 0 Å². The molecule has 0 saturated carbocycles. The van der Waals surface area contributed by atoms with Crippen LogP contribution in [0.25, 0.3) is 188 Å². The number of anilines is 6. The van der Waals surface area contributed by atoms with Crippen LogP contribution in [0, 0.1) is 0 Å². The van der Waals surface area contributed by atoms with Crippen molar-refractivity contribution in [3.05, 3.63) is 554 Å². The van der Waals surface area contributed by atoms with Crippen molar-refractivity contribution in [2.45, 2.75) is 10.8 Å². The highest BCUT2D eigenvalue weighted by molar-refractivity contribution is 6.19. The largest absolute Gasteiger partial charge is 0.310 e. The minimum absolute atomic E-state index is 0.742. The normalized spacial score (nSPS) is 13.4. The predicted molar refractivity (Wildman–Crippen MR) is 582 cm³/mol. The number of aromatic nitrogens is 4. The van der Waals surface area contributed by atoms with E-state index in [0.717, 1.165) is 118 Å². The van der Waals surface area contributed by atoms with Crippen LogP contribution in [0.3, 0.4) is 0 Å². The smallest absolute Gasteiger partial charge is 0.0755 e. The van der Waals surface area contributed by atoms with Crippen LogP contribution < -0.4 is 9.80 Å². The molecule has 6 heteroatoms. The minimum Gasteiger partial charge on any atom is -0.310 e. The van der Waals surface area contributed by atoms with Gasteiger partial charge in [0.2, 0.25) is 0 Å². The van der Waals surface area contributed by atoms with Crippen LogP contribution in [0.5, 0.6) is 0 Å². The third-order valence-corrected chi connectivity index (χ3v) is 31.1. The molecule has 650 valence electrons. The molecule has 2 aliphatic heterocycles. The summed E-state index contributed by atoms with van der Waals surface area (Å²) in [4.78, 5) is 4.98. The minimum atomic E-state index is -0.782. The van der Waals surface area contributed by atoms with E-state index in [1.165, 1.54) is 149 Å². The van der Waals surface area contributed by atoms with Crippen molar-refractivity contribution in [1.82, 2.24) is 18.3 Å². The van der Waals surface area contributed by atoms with E-state index in [4.69, 9.17) is 0 Å². The molecule has 2 aliphatic carbocycles. The van der Waals surface area contributed by atoms with Crippen LogP contribution in [0.1, 0.15) is 44.5 Å². The van der Waals surface area contributed by atoms with E-state index in [1.54, 1.807) is 0 Å². The highest BCUT2D eigenvalue weighted by Gasteiger charge is 2.55. The Morgan fingerprint density at radius 1 is 0.121 bits per heavy atom. The average molecular weight is 1780 g/mol. The third kappa shape index (κ3) is 11.1. The zero-order valence-corrected chi connectivity index (χ0v) is 76.2. The number of hydrogen-bond donors (Lipinski definition) is 0. The number of para-hydroxylation sites is 11. The number of rotatable bonds is 11. The van der Waals surface area contributed by atoms with E-state index in [0.29, 0.717) is 0 Å². The second-order valence-corrected chi connectivity index (χ2v) is 38.1. The molecular weight excluding hydrogens is 1690 g/mol. The van der Waals surface area contributed by atoms with Gasteiger partial charge in [-0.05, 0) is 304 Å². The van der Waals surface area contributed by atoms with Crippen molar-refractivity contribution in [2.75, 3.05) is 9.80 Å². The van der Waals surface area contributed by atoms with Crippen LogP contribution in [0.15, 0.2) is 510 Å². The lowest BCUT2D eigenvalue weighted by Crippen LogP contribution is -2.36. The van der Waals surface area contributed by atoms with Gasteiger partial charge in [0.25, 0.3) is 0 Å². The summed E-state index contributed by atoms with van der Waals surface area (Å²) < 4.78 is 10.1. The average Bonchev–Trinajstić information content (AvgIpc) is 1.49. The van der Waals surface area contributed by atoms with Crippen LogP contribution in [0.4, 0.5) is 34.1 Å². The summed E-state index contributed by atoms with van der Waals surface area (Å²) in [7, 11) is 0. The first-order valence-electron chi connectivity index (χ1n) is 48.6. The zero-order chi connectivity index (χ0) is 91.6. The molecule has 0 atom stereocenters. The fourth-order valence-electron chi connectivity index (χ4n) is 25.2. The molecule has 0 amide bonds. The molecule has 6 heterocycles. The van der Waals surface area contributed by atoms with Crippen LogP contribution in [-0.4, -0.2) is 18.3 Å². The van der Waals surface area contributed by atoms with Gasteiger partial charge in [0, 0.05) is 77.2 Å². The summed E-state index contributed by atoms with van der Waals surface area (Å²) in [6, 6.07) is 192. The monoisotopic (exact) mass is 1780 g/mol. The molecular formula is C134H84N6. The zero-order valence-electron chi connectivity index (χ0n) is 76.2. The SMILES string of the molecule is c1ccc(-c2cccc(-c3ccc(-n4c5ccccc5c5cc6c(cc54)C4(c5cc7c(cc5-6)c5ccc(-c6cccc(-c8ccc(-c9cccc(-n%10c%11ccccc%11c%11cc%12c(cc%11%10)C%10(c%11cc%13c(cc%11-%12)c%11ccccc%11n%13-c%11ccccc%11)c%11ccccc%11N(c%11ccccc%11)c%11ccccc%11%10)c9)cc8)c6)cc5n7-c5ccccc5)c5ccccc5N(c5ccccc5)c5ccccc54)cc3)c2)cc1. The lowest BCUT2D eigenvalue weighted by Gasteiger charge is -2.45. The standard InChI is InChI=1S/C134H84N6/c1-6-33-85(34-7-1)89-35-30-36-90(73-89)88-67-70-99(71-68-88)136-122-57-24-17-50-102(122)110-78-106-108-80-112-104-72-69-94(76-128(104)139(98-46-14-5-15-47-98)131(112)83-119(108)133(118(106)82-130(110)136)113-52-19-26-59-124(113)137(96-42-10-3-11-43-96)125-60-27-20-53-114(125)133)92-38-31-37-91(74-92)86-63-65-87(66-64-86)93-39-32-48-100(75-93)140-123-58-25-18-51-103(123)111-79-107-105-77-109-101-49-16-23-56-121(101)135(95-40-8-2-9-41-95)129(109)81-117(105)134(120(107)84-132(111)140)115-54-21-28-61-126(115)138(97-44-12-4-13-45-97)127-62-29-22-55-116(127)134/h1-84H. The van der Waals surface area contributed by atoms with Gasteiger partial charge in [-0.25, -0.2) is 0 Å². The number of benzene rings is 22. The van der Waals surface area contributed by atoms with Gasteiger partial charge >= 0.3 is 0 Å². The fraction of sp³-hybridized carbons (Fsp3) is 0.0149. The Balaban J connectivity index is 0.544. The van der Waals surface area contributed by atoms with Gasteiger partial charge < -0.3 is 28.1 Å². The number of fused-ring (bicyclic) bond motifs is 30. The second kappa shape index (κ2) is 30.1. The van der Waals surface area contributed by atoms with Crippen molar-refractivity contribution in [3.63, 3.8) is 0 Å². The Bertz CT molecular complexity index is 9580. The predicted octanol–water partition coefficient (Wildman–Crippen LogP) is 34.7. The van der Waals surface area contributed by atoms with E-state index >= 15 is 0 Å². The summed E-state index contributed by atoms with van der Waals surface area (Å²) >= 11 is 0. The number of nitrogens with zero attached hydrogens (tertiary/aromatic N) is 6. The molecule has 0 saturated heterocycles. The molecule has 4 aliphatic rings. The molecule has 140 heavy (non-hydrogen) atoms.